The summed E-state index contributed by atoms with van der Waals surface area (Å²) in [6, 6.07) is 16.9. The summed E-state index contributed by atoms with van der Waals surface area (Å²) in [4.78, 5) is 12.3. The summed E-state index contributed by atoms with van der Waals surface area (Å²) in [7, 11) is 1.59. The van der Waals surface area contributed by atoms with Gasteiger partial charge in [-0.3, -0.25) is 9.89 Å². The number of benzene rings is 2. The molecule has 0 aliphatic rings. The number of nitrogens with one attached hydrogen (secondary N) is 2. The molecule has 23 heavy (non-hydrogen) atoms. The Labute approximate surface area is 134 Å². The van der Waals surface area contributed by atoms with Gasteiger partial charge in [0.05, 0.1) is 12.8 Å². The third kappa shape index (κ3) is 3.40. The van der Waals surface area contributed by atoms with E-state index < -0.39 is 0 Å². The fourth-order valence-corrected chi connectivity index (χ4v) is 2.21. The van der Waals surface area contributed by atoms with Gasteiger partial charge in [0.25, 0.3) is 5.91 Å². The first-order valence-electron chi connectivity index (χ1n) is 7.23. The van der Waals surface area contributed by atoms with Crippen molar-refractivity contribution in [1.29, 1.82) is 0 Å². The number of rotatable bonds is 4. The largest absolute Gasteiger partial charge is 0.497 e. The standard InChI is InChI=1S/C18H17N3O2/c1-12-6-8-13(9-7-12)16-11-17(21-20-16)18(22)19-14-4-3-5-15(10-14)23-2/h3-11H,1-2H3,(H,19,22)(H,20,21). The maximum absolute atomic E-state index is 12.3. The Balaban J connectivity index is 1.76. The highest BCUT2D eigenvalue weighted by atomic mass is 16.5. The van der Waals surface area contributed by atoms with Crippen molar-refractivity contribution in [3.63, 3.8) is 0 Å². The van der Waals surface area contributed by atoms with Crippen LogP contribution in [0, 0.1) is 6.92 Å². The first-order chi connectivity index (χ1) is 11.2. The molecule has 3 rings (SSSR count). The Morgan fingerprint density at radius 3 is 2.65 bits per heavy atom. The first-order valence-corrected chi connectivity index (χ1v) is 7.23. The van der Waals surface area contributed by atoms with Crippen LogP contribution in [-0.4, -0.2) is 23.2 Å². The maximum Gasteiger partial charge on any atom is 0.273 e. The number of hydrogen-bond donors (Lipinski definition) is 2. The van der Waals surface area contributed by atoms with Crippen LogP contribution in [0.4, 0.5) is 5.69 Å². The van der Waals surface area contributed by atoms with Gasteiger partial charge in [-0.2, -0.15) is 5.10 Å². The van der Waals surface area contributed by atoms with Crippen molar-refractivity contribution in [2.75, 3.05) is 12.4 Å². The molecule has 0 spiro atoms. The smallest absolute Gasteiger partial charge is 0.273 e. The summed E-state index contributed by atoms with van der Waals surface area (Å²) in [5.41, 5.74) is 3.96. The van der Waals surface area contributed by atoms with E-state index in [1.807, 2.05) is 43.3 Å². The Hall–Kier alpha value is -3.08. The SMILES string of the molecule is COc1cccc(NC(=O)c2cc(-c3ccc(C)cc3)n[nH]2)c1. The molecule has 0 fully saturated rings. The van der Waals surface area contributed by atoms with Crippen LogP contribution in [0.15, 0.2) is 54.6 Å². The predicted molar refractivity (Wildman–Crippen MR) is 89.7 cm³/mol. The zero-order valence-electron chi connectivity index (χ0n) is 13.0. The summed E-state index contributed by atoms with van der Waals surface area (Å²) in [5.74, 6) is 0.442. The number of aromatic amines is 1. The van der Waals surface area contributed by atoms with Gasteiger partial charge in [0.1, 0.15) is 11.4 Å². The lowest BCUT2D eigenvalue weighted by atomic mass is 10.1. The van der Waals surface area contributed by atoms with E-state index in [1.54, 1.807) is 25.3 Å². The van der Waals surface area contributed by atoms with E-state index in [4.69, 9.17) is 4.74 Å². The van der Waals surface area contributed by atoms with Gasteiger partial charge < -0.3 is 10.1 Å². The molecular weight excluding hydrogens is 290 g/mol. The molecule has 0 aliphatic heterocycles. The highest BCUT2D eigenvalue weighted by Gasteiger charge is 2.11. The summed E-state index contributed by atoms with van der Waals surface area (Å²) in [6.07, 6.45) is 0. The number of anilines is 1. The molecule has 0 bridgehead atoms. The van der Waals surface area contributed by atoms with Crippen molar-refractivity contribution in [3.8, 4) is 17.0 Å². The number of amides is 1. The Kier molecular flexibility index (Phi) is 4.10. The minimum absolute atomic E-state index is 0.246. The monoisotopic (exact) mass is 307 g/mol. The van der Waals surface area contributed by atoms with Gasteiger partial charge in [-0.15, -0.1) is 0 Å². The molecule has 3 aromatic rings. The van der Waals surface area contributed by atoms with Crippen LogP contribution in [0.25, 0.3) is 11.3 Å². The molecule has 0 unspecified atom stereocenters. The molecule has 0 aliphatic carbocycles. The first kappa shape index (κ1) is 14.8. The number of methoxy groups -OCH3 is 1. The lowest BCUT2D eigenvalue weighted by molar-refractivity contribution is 0.102. The van der Waals surface area contributed by atoms with Crippen LogP contribution in [0.5, 0.6) is 5.75 Å². The van der Waals surface area contributed by atoms with Crippen LogP contribution >= 0.6 is 0 Å². The zero-order valence-corrected chi connectivity index (χ0v) is 13.0. The lowest BCUT2D eigenvalue weighted by Gasteiger charge is -2.05. The summed E-state index contributed by atoms with van der Waals surface area (Å²) < 4.78 is 5.14. The van der Waals surface area contributed by atoms with Crippen molar-refractivity contribution in [2.24, 2.45) is 0 Å². The zero-order chi connectivity index (χ0) is 16.2. The second kappa shape index (κ2) is 6.36. The normalized spacial score (nSPS) is 10.3. The van der Waals surface area contributed by atoms with Gasteiger partial charge in [-0.1, -0.05) is 35.9 Å². The van der Waals surface area contributed by atoms with Crippen LogP contribution in [0.1, 0.15) is 16.1 Å². The van der Waals surface area contributed by atoms with E-state index in [0.29, 0.717) is 17.1 Å². The van der Waals surface area contributed by atoms with E-state index in [0.717, 1.165) is 11.3 Å². The van der Waals surface area contributed by atoms with E-state index in [-0.39, 0.29) is 5.91 Å². The molecular formula is C18H17N3O2. The third-order valence-electron chi connectivity index (χ3n) is 3.50. The molecule has 2 N–H and O–H groups in total. The second-order valence-corrected chi connectivity index (χ2v) is 5.22. The molecule has 0 saturated heterocycles. The molecule has 0 saturated carbocycles. The number of aromatic nitrogens is 2. The van der Waals surface area contributed by atoms with Crippen molar-refractivity contribution in [2.45, 2.75) is 6.92 Å². The number of hydrogen-bond acceptors (Lipinski definition) is 3. The molecule has 5 heteroatoms. The van der Waals surface area contributed by atoms with Gasteiger partial charge in [0, 0.05) is 17.3 Å². The number of aryl methyl sites for hydroxylation is 1. The number of carbonyl (C=O) groups is 1. The van der Waals surface area contributed by atoms with Crippen molar-refractivity contribution < 1.29 is 9.53 Å². The number of nitrogens with zero attached hydrogens (tertiary/aromatic N) is 1. The quantitative estimate of drug-likeness (QED) is 0.773. The average molecular weight is 307 g/mol. The second-order valence-electron chi connectivity index (χ2n) is 5.22. The van der Waals surface area contributed by atoms with Crippen LogP contribution in [0.3, 0.4) is 0 Å². The van der Waals surface area contributed by atoms with Crippen LogP contribution in [0.2, 0.25) is 0 Å². The fourth-order valence-electron chi connectivity index (χ4n) is 2.21. The van der Waals surface area contributed by atoms with Gasteiger partial charge in [0.15, 0.2) is 0 Å². The van der Waals surface area contributed by atoms with Crippen molar-refractivity contribution >= 4 is 11.6 Å². The average Bonchev–Trinajstić information content (AvgIpc) is 3.06. The van der Waals surface area contributed by atoms with Gasteiger partial charge >= 0.3 is 0 Å². The van der Waals surface area contributed by atoms with E-state index in [9.17, 15) is 4.79 Å². The number of H-pyrrole nitrogens is 1. The molecule has 1 aromatic heterocycles. The summed E-state index contributed by atoms with van der Waals surface area (Å²) in [6.45, 7) is 2.03. The molecule has 0 atom stereocenters. The molecule has 116 valence electrons. The molecule has 2 aromatic carbocycles. The predicted octanol–water partition coefficient (Wildman–Crippen LogP) is 3.65. The van der Waals surface area contributed by atoms with Gasteiger partial charge in [0.2, 0.25) is 0 Å². The Bertz CT molecular complexity index is 822. The van der Waals surface area contributed by atoms with Crippen molar-refractivity contribution in [3.05, 3.63) is 65.9 Å². The van der Waals surface area contributed by atoms with Crippen molar-refractivity contribution in [1.82, 2.24) is 10.2 Å². The topological polar surface area (TPSA) is 67.0 Å². The number of carbonyl (C=O) groups excluding carboxylic acids is 1. The highest BCUT2D eigenvalue weighted by molar-refractivity contribution is 6.03. The summed E-state index contributed by atoms with van der Waals surface area (Å²) in [5, 5.41) is 9.79. The minimum Gasteiger partial charge on any atom is -0.497 e. The van der Waals surface area contributed by atoms with Gasteiger partial charge in [-0.25, -0.2) is 0 Å². The molecule has 0 radical (unpaired) electrons. The Morgan fingerprint density at radius 2 is 1.91 bits per heavy atom. The van der Waals surface area contributed by atoms with E-state index >= 15 is 0 Å². The Morgan fingerprint density at radius 1 is 1.13 bits per heavy atom. The van der Waals surface area contributed by atoms with E-state index in [2.05, 4.69) is 15.5 Å². The number of ether oxygens (including phenoxy) is 1. The third-order valence-corrected chi connectivity index (χ3v) is 3.50. The van der Waals surface area contributed by atoms with Crippen LogP contribution < -0.4 is 10.1 Å². The molecule has 5 nitrogen and oxygen atoms in total. The van der Waals surface area contributed by atoms with Gasteiger partial charge in [-0.05, 0) is 25.1 Å². The fraction of sp³-hybridized carbons (Fsp3) is 0.111. The summed E-state index contributed by atoms with van der Waals surface area (Å²) >= 11 is 0. The van der Waals surface area contributed by atoms with E-state index in [1.165, 1.54) is 5.56 Å². The molecule has 1 heterocycles. The maximum atomic E-state index is 12.3. The highest BCUT2D eigenvalue weighted by Crippen LogP contribution is 2.20. The molecule has 1 amide bonds. The minimum atomic E-state index is -0.246. The lowest BCUT2D eigenvalue weighted by Crippen LogP contribution is -2.12. The van der Waals surface area contributed by atoms with Crippen LogP contribution in [-0.2, 0) is 0 Å².